The first-order valence-corrected chi connectivity index (χ1v) is 7.74. The highest BCUT2D eigenvalue weighted by molar-refractivity contribution is 4.85. The van der Waals surface area contributed by atoms with Gasteiger partial charge in [0.05, 0.1) is 0 Å². The van der Waals surface area contributed by atoms with Gasteiger partial charge >= 0.3 is 0 Å². The Balaban J connectivity index is 2.15. The molecule has 0 heterocycles. The molecule has 0 aromatic heterocycles. The standard InChI is InChI=1S/C15H32N2/c1-4-6-10-16-14-8-9-15(13(3)12-14)17-11-7-5-2/h13-17H,4-12H2,1-3H3. The lowest BCUT2D eigenvalue weighted by Gasteiger charge is -2.35. The third kappa shape index (κ3) is 5.87. The highest BCUT2D eigenvalue weighted by Gasteiger charge is 2.26. The molecule has 2 nitrogen and oxygen atoms in total. The quantitative estimate of drug-likeness (QED) is 0.636. The van der Waals surface area contributed by atoms with E-state index in [2.05, 4.69) is 31.4 Å². The maximum Gasteiger partial charge on any atom is 0.00938 e. The molecule has 2 heteroatoms. The normalized spacial score (nSPS) is 29.5. The average Bonchev–Trinajstić information content (AvgIpc) is 2.32. The molecule has 0 aliphatic heterocycles. The number of hydrogen-bond donors (Lipinski definition) is 2. The molecule has 0 amide bonds. The van der Waals surface area contributed by atoms with Gasteiger partial charge in [0.15, 0.2) is 0 Å². The largest absolute Gasteiger partial charge is 0.314 e. The minimum atomic E-state index is 0.769. The van der Waals surface area contributed by atoms with Crippen molar-refractivity contribution >= 4 is 0 Å². The minimum absolute atomic E-state index is 0.769. The molecule has 1 fully saturated rings. The van der Waals surface area contributed by atoms with Crippen LogP contribution in [0.15, 0.2) is 0 Å². The van der Waals surface area contributed by atoms with Crippen LogP contribution in [-0.2, 0) is 0 Å². The van der Waals surface area contributed by atoms with Crippen LogP contribution >= 0.6 is 0 Å². The maximum atomic E-state index is 3.73. The lowest BCUT2D eigenvalue weighted by molar-refractivity contribution is 0.233. The first-order valence-electron chi connectivity index (χ1n) is 7.74. The van der Waals surface area contributed by atoms with Gasteiger partial charge in [0.25, 0.3) is 0 Å². The van der Waals surface area contributed by atoms with E-state index in [-0.39, 0.29) is 0 Å². The SMILES string of the molecule is CCCCNC1CCC(NCCCC)C(C)C1. The number of nitrogens with one attached hydrogen (secondary N) is 2. The van der Waals surface area contributed by atoms with Crippen LogP contribution in [0.5, 0.6) is 0 Å². The average molecular weight is 240 g/mol. The van der Waals surface area contributed by atoms with Crippen LogP contribution in [0.3, 0.4) is 0 Å². The third-order valence-electron chi connectivity index (χ3n) is 4.07. The first kappa shape index (κ1) is 15.0. The lowest BCUT2D eigenvalue weighted by Crippen LogP contribution is -2.45. The van der Waals surface area contributed by atoms with Crippen LogP contribution < -0.4 is 10.6 Å². The van der Waals surface area contributed by atoms with Crippen molar-refractivity contribution in [1.82, 2.24) is 10.6 Å². The summed E-state index contributed by atoms with van der Waals surface area (Å²) < 4.78 is 0. The van der Waals surface area contributed by atoms with E-state index in [1.165, 1.54) is 58.0 Å². The molecule has 3 atom stereocenters. The van der Waals surface area contributed by atoms with Crippen LogP contribution in [0.4, 0.5) is 0 Å². The van der Waals surface area contributed by atoms with E-state index in [4.69, 9.17) is 0 Å². The van der Waals surface area contributed by atoms with Crippen molar-refractivity contribution in [3.05, 3.63) is 0 Å². The summed E-state index contributed by atoms with van der Waals surface area (Å²) in [4.78, 5) is 0. The predicted octanol–water partition coefficient (Wildman–Crippen LogP) is 3.32. The van der Waals surface area contributed by atoms with E-state index in [1.807, 2.05) is 0 Å². The van der Waals surface area contributed by atoms with E-state index in [1.54, 1.807) is 0 Å². The Bertz CT molecular complexity index is 182. The molecule has 1 aliphatic carbocycles. The van der Waals surface area contributed by atoms with Gasteiger partial charge in [-0.25, -0.2) is 0 Å². The molecule has 0 aromatic carbocycles. The Hall–Kier alpha value is -0.0800. The third-order valence-corrected chi connectivity index (χ3v) is 4.07. The lowest BCUT2D eigenvalue weighted by atomic mass is 9.82. The zero-order valence-corrected chi connectivity index (χ0v) is 12.1. The fraction of sp³-hybridized carbons (Fsp3) is 1.00. The fourth-order valence-corrected chi connectivity index (χ4v) is 2.83. The van der Waals surface area contributed by atoms with E-state index in [0.717, 1.165) is 18.0 Å². The van der Waals surface area contributed by atoms with Crippen molar-refractivity contribution in [1.29, 1.82) is 0 Å². The molecule has 1 saturated carbocycles. The van der Waals surface area contributed by atoms with Crippen LogP contribution in [0.2, 0.25) is 0 Å². The molecule has 1 rings (SSSR count). The number of unbranched alkanes of at least 4 members (excludes halogenated alkanes) is 2. The monoisotopic (exact) mass is 240 g/mol. The van der Waals surface area contributed by atoms with Gasteiger partial charge in [0.1, 0.15) is 0 Å². The molecule has 0 radical (unpaired) electrons. The van der Waals surface area contributed by atoms with Crippen molar-refractivity contribution < 1.29 is 0 Å². The molecule has 0 spiro atoms. The second-order valence-electron chi connectivity index (χ2n) is 5.71. The molecule has 17 heavy (non-hydrogen) atoms. The Kier molecular flexibility index (Phi) is 7.87. The summed E-state index contributed by atoms with van der Waals surface area (Å²) in [5.74, 6) is 0.833. The summed E-state index contributed by atoms with van der Waals surface area (Å²) in [7, 11) is 0. The Labute approximate surface area is 108 Å². The van der Waals surface area contributed by atoms with Gasteiger partial charge in [-0.15, -0.1) is 0 Å². The first-order chi connectivity index (χ1) is 8.27. The van der Waals surface area contributed by atoms with Gasteiger partial charge in [-0.3, -0.25) is 0 Å². The fourth-order valence-electron chi connectivity index (χ4n) is 2.83. The van der Waals surface area contributed by atoms with E-state index in [0.29, 0.717) is 0 Å². The zero-order chi connectivity index (χ0) is 12.5. The topological polar surface area (TPSA) is 24.1 Å². The summed E-state index contributed by atoms with van der Waals surface area (Å²) in [5.41, 5.74) is 0. The predicted molar refractivity (Wildman–Crippen MR) is 76.4 cm³/mol. The number of hydrogen-bond acceptors (Lipinski definition) is 2. The van der Waals surface area contributed by atoms with Gasteiger partial charge in [-0.1, -0.05) is 33.6 Å². The molecule has 3 unspecified atom stereocenters. The van der Waals surface area contributed by atoms with Gasteiger partial charge in [0, 0.05) is 12.1 Å². The van der Waals surface area contributed by atoms with Crippen LogP contribution in [-0.4, -0.2) is 25.2 Å². The van der Waals surface area contributed by atoms with Crippen LogP contribution in [0, 0.1) is 5.92 Å². The smallest absolute Gasteiger partial charge is 0.00938 e. The Morgan fingerprint density at radius 1 is 0.941 bits per heavy atom. The summed E-state index contributed by atoms with van der Waals surface area (Å²) in [6, 6.07) is 1.55. The van der Waals surface area contributed by atoms with Crippen molar-refractivity contribution in [3.63, 3.8) is 0 Å². The van der Waals surface area contributed by atoms with Gasteiger partial charge in [-0.05, 0) is 51.1 Å². The van der Waals surface area contributed by atoms with Gasteiger partial charge < -0.3 is 10.6 Å². The van der Waals surface area contributed by atoms with Gasteiger partial charge in [0.2, 0.25) is 0 Å². The number of rotatable bonds is 8. The molecular formula is C15H32N2. The van der Waals surface area contributed by atoms with Gasteiger partial charge in [-0.2, -0.15) is 0 Å². The molecule has 0 bridgehead atoms. The molecule has 0 saturated heterocycles. The molecule has 1 aliphatic rings. The van der Waals surface area contributed by atoms with E-state index >= 15 is 0 Å². The summed E-state index contributed by atoms with van der Waals surface area (Å²) in [6.07, 6.45) is 9.32. The van der Waals surface area contributed by atoms with E-state index < -0.39 is 0 Å². The van der Waals surface area contributed by atoms with Crippen LogP contribution in [0.1, 0.15) is 65.7 Å². The summed E-state index contributed by atoms with van der Waals surface area (Å²) >= 11 is 0. The van der Waals surface area contributed by atoms with Crippen LogP contribution in [0.25, 0.3) is 0 Å². The highest BCUT2D eigenvalue weighted by atomic mass is 15.0. The van der Waals surface area contributed by atoms with E-state index in [9.17, 15) is 0 Å². The maximum absolute atomic E-state index is 3.73. The Morgan fingerprint density at radius 2 is 1.59 bits per heavy atom. The summed E-state index contributed by atoms with van der Waals surface area (Å²) in [6.45, 7) is 9.36. The van der Waals surface area contributed by atoms with Crippen molar-refractivity contribution in [2.24, 2.45) is 5.92 Å². The van der Waals surface area contributed by atoms with Crippen molar-refractivity contribution in [2.45, 2.75) is 77.8 Å². The molecule has 0 aromatic rings. The second kappa shape index (κ2) is 8.93. The minimum Gasteiger partial charge on any atom is -0.314 e. The van der Waals surface area contributed by atoms with Crippen molar-refractivity contribution in [3.8, 4) is 0 Å². The molecule has 2 N–H and O–H groups in total. The second-order valence-corrected chi connectivity index (χ2v) is 5.71. The zero-order valence-electron chi connectivity index (χ0n) is 12.1. The molecular weight excluding hydrogens is 208 g/mol. The summed E-state index contributed by atoms with van der Waals surface area (Å²) in [5, 5.41) is 7.45. The Morgan fingerprint density at radius 3 is 2.18 bits per heavy atom. The molecule has 102 valence electrons. The van der Waals surface area contributed by atoms with Crippen molar-refractivity contribution in [2.75, 3.05) is 13.1 Å². The highest BCUT2D eigenvalue weighted by Crippen LogP contribution is 2.24.